The second-order valence-corrected chi connectivity index (χ2v) is 14.4. The number of aromatic nitrogens is 1. The monoisotopic (exact) mass is 648 g/mol. The van der Waals surface area contributed by atoms with E-state index < -0.39 is 36.8 Å². The summed E-state index contributed by atoms with van der Waals surface area (Å²) in [4.78, 5) is 76.4. The van der Waals surface area contributed by atoms with E-state index in [2.05, 4.69) is 10.3 Å². The maximum Gasteiger partial charge on any atom is 0.399 e. The minimum atomic E-state index is -5.75. The summed E-state index contributed by atoms with van der Waals surface area (Å²) >= 11 is 1.01. The Bertz CT molecular complexity index is 1710. The first kappa shape index (κ1) is 30.6. The third-order valence-corrected chi connectivity index (χ3v) is 11.0. The van der Waals surface area contributed by atoms with Crippen LogP contribution in [0, 0.1) is 0 Å². The van der Waals surface area contributed by atoms with Crippen molar-refractivity contribution in [3.8, 4) is 0 Å². The van der Waals surface area contributed by atoms with Crippen molar-refractivity contribution in [3.05, 3.63) is 69.0 Å². The molecule has 4 N–H and O–H groups in total. The molecule has 3 saturated heterocycles. The smallest absolute Gasteiger partial charge is 0.340 e. The number of hydrogen-bond acceptors (Lipinski definition) is 6. The van der Waals surface area contributed by atoms with Crippen LogP contribution in [-0.2, 0) is 19.8 Å². The molecule has 3 aromatic rings. The van der Waals surface area contributed by atoms with E-state index >= 15 is 0 Å². The van der Waals surface area contributed by atoms with Crippen LogP contribution in [0.5, 0.6) is 0 Å². The minimum absolute atomic E-state index is 0.100. The van der Waals surface area contributed by atoms with Gasteiger partial charge in [0.15, 0.2) is 0 Å². The van der Waals surface area contributed by atoms with E-state index in [-0.39, 0.29) is 39.6 Å². The van der Waals surface area contributed by atoms with Crippen molar-refractivity contribution in [3.63, 3.8) is 0 Å². The van der Waals surface area contributed by atoms with Crippen LogP contribution >= 0.6 is 18.9 Å². The quantitative estimate of drug-likeness (QED) is 0.298. The summed E-state index contributed by atoms with van der Waals surface area (Å²) < 4.78 is 40.3. The van der Waals surface area contributed by atoms with Gasteiger partial charge in [0.1, 0.15) is 12.1 Å². The van der Waals surface area contributed by atoms with Crippen LogP contribution in [0.25, 0.3) is 10.1 Å². The Labute approximate surface area is 254 Å². The maximum atomic E-state index is 14.2. The van der Waals surface area contributed by atoms with E-state index in [1.54, 1.807) is 22.1 Å². The van der Waals surface area contributed by atoms with Crippen molar-refractivity contribution >= 4 is 46.7 Å². The molecule has 3 aliphatic rings. The molecule has 0 saturated carbocycles. The van der Waals surface area contributed by atoms with Crippen molar-refractivity contribution in [2.75, 3.05) is 13.1 Å². The van der Waals surface area contributed by atoms with E-state index in [0.29, 0.717) is 43.5 Å². The fourth-order valence-corrected chi connectivity index (χ4v) is 7.83. The molecule has 0 bridgehead atoms. The largest absolute Gasteiger partial charge is 0.399 e. The van der Waals surface area contributed by atoms with Gasteiger partial charge in [0.05, 0.1) is 4.88 Å². The number of carbonyl (C=O) groups is 3. The molecule has 3 atom stereocenters. The molecule has 2 aromatic heterocycles. The molecular formula is C29H31F2N4O7PS. The first-order valence-electron chi connectivity index (χ1n) is 14.4. The van der Waals surface area contributed by atoms with Gasteiger partial charge in [-0.05, 0) is 54.8 Å². The molecule has 3 amide bonds. The number of carbonyl (C=O) groups excluding carboxylic acids is 3. The number of H-pyrrole nitrogens is 1. The number of thiophene rings is 1. The molecule has 3 fully saturated rings. The average Bonchev–Trinajstić information content (AvgIpc) is 3.57. The van der Waals surface area contributed by atoms with Gasteiger partial charge in [-0.2, -0.15) is 8.78 Å². The summed E-state index contributed by atoms with van der Waals surface area (Å²) in [7, 11) is -5.75. The Morgan fingerprint density at radius 3 is 2.48 bits per heavy atom. The molecular weight excluding hydrogens is 617 g/mol. The highest BCUT2D eigenvalue weighted by Crippen LogP contribution is 2.59. The zero-order valence-corrected chi connectivity index (χ0v) is 25.2. The molecule has 15 heteroatoms. The van der Waals surface area contributed by atoms with Crippen LogP contribution in [0.15, 0.2) is 47.4 Å². The predicted molar refractivity (Wildman–Crippen MR) is 158 cm³/mol. The van der Waals surface area contributed by atoms with Gasteiger partial charge in [-0.3, -0.25) is 23.7 Å². The van der Waals surface area contributed by atoms with E-state index in [9.17, 15) is 32.5 Å². The number of halogens is 2. The summed E-state index contributed by atoms with van der Waals surface area (Å²) in [5, 5.41) is 3.02. The summed E-state index contributed by atoms with van der Waals surface area (Å²) in [6.07, 6.45) is 5.58. The van der Waals surface area contributed by atoms with E-state index in [1.165, 1.54) is 18.2 Å². The molecule has 11 nitrogen and oxygen atoms in total. The number of amides is 3. The lowest BCUT2D eigenvalue weighted by molar-refractivity contribution is -0.149. The zero-order valence-electron chi connectivity index (χ0n) is 23.4. The topological polar surface area (TPSA) is 160 Å². The molecule has 6 rings (SSSR count). The van der Waals surface area contributed by atoms with E-state index in [4.69, 9.17) is 9.79 Å². The minimum Gasteiger partial charge on any atom is -0.340 e. The first-order chi connectivity index (χ1) is 20.8. The maximum absolute atomic E-state index is 14.2. The van der Waals surface area contributed by atoms with Gasteiger partial charge in [0, 0.05) is 47.6 Å². The molecule has 0 radical (unpaired) electrons. The van der Waals surface area contributed by atoms with E-state index in [0.717, 1.165) is 41.9 Å². The second-order valence-electron chi connectivity index (χ2n) is 11.7. The number of fused-ring (bicyclic) bond motifs is 2. The Morgan fingerprint density at radius 2 is 1.77 bits per heavy atom. The number of pyridine rings is 1. The van der Waals surface area contributed by atoms with Crippen molar-refractivity contribution in [1.82, 2.24) is 20.1 Å². The molecule has 0 unspecified atom stereocenters. The zero-order chi connectivity index (χ0) is 31.4. The summed E-state index contributed by atoms with van der Waals surface area (Å²) in [5.41, 5.74) is -4.49. The number of nitrogens with one attached hydrogen (secondary N) is 2. The Hall–Kier alpha value is -3.45. The summed E-state index contributed by atoms with van der Waals surface area (Å²) in [6, 6.07) is 6.10. The summed E-state index contributed by atoms with van der Waals surface area (Å²) in [6.45, 7) is 0.976. The van der Waals surface area contributed by atoms with Crippen molar-refractivity contribution in [2.45, 2.75) is 68.2 Å². The van der Waals surface area contributed by atoms with Gasteiger partial charge in [-0.1, -0.05) is 25.0 Å². The number of nitrogens with zero attached hydrogens (tertiary/aromatic N) is 2. The Balaban J connectivity index is 1.16. The number of hydrogen-bond donors (Lipinski definition) is 4. The first-order valence-corrected chi connectivity index (χ1v) is 16.8. The fourth-order valence-electron chi connectivity index (χ4n) is 6.40. The number of rotatable bonds is 6. The molecule has 44 heavy (non-hydrogen) atoms. The van der Waals surface area contributed by atoms with Gasteiger partial charge < -0.3 is 29.9 Å². The van der Waals surface area contributed by atoms with Gasteiger partial charge in [0.2, 0.25) is 17.4 Å². The highest BCUT2D eigenvalue weighted by Gasteiger charge is 2.50. The SMILES string of the molecule is O=C(N[C@H]1CCCC[C@H]2CC[C@@H](C(=O)N3CC(c4ccc(=O)[nH]c4)C3)N2C1=O)c1cc2cc(C(F)(F)P(=O)(O)O)ccc2s1. The van der Waals surface area contributed by atoms with Crippen LogP contribution in [0.1, 0.15) is 65.2 Å². The number of benzene rings is 1. The summed E-state index contributed by atoms with van der Waals surface area (Å²) in [5.74, 6) is -0.914. The molecule has 234 valence electrons. The van der Waals surface area contributed by atoms with Crippen molar-refractivity contribution in [1.29, 1.82) is 0 Å². The lowest BCUT2D eigenvalue weighted by atomic mass is 9.92. The Kier molecular flexibility index (Phi) is 7.98. The standard InChI is InChI=1S/C29H31F2N4O7PS/c30-29(31,43(40,41)42)19-6-9-23-17(11-19)12-24(44-23)26(37)33-21-4-2-1-3-20-7-8-22(35(20)27(21)38)28(39)34-14-18(15-34)16-5-10-25(36)32-13-16/h5-6,9-13,18,20-22H,1-4,7-8,14-15H2,(H,32,36)(H,33,37)(H2,40,41,42)/t20-,21-,22-/m0/s1. The normalized spacial score (nSPS) is 23.2. The third-order valence-electron chi connectivity index (χ3n) is 8.85. The molecule has 1 aromatic carbocycles. The van der Waals surface area contributed by atoms with Crippen LogP contribution in [0.3, 0.4) is 0 Å². The van der Waals surface area contributed by atoms with Gasteiger partial charge >= 0.3 is 13.3 Å². The second kappa shape index (κ2) is 11.5. The molecule has 0 aliphatic carbocycles. The average molecular weight is 649 g/mol. The molecule has 5 heterocycles. The molecule has 3 aliphatic heterocycles. The Morgan fingerprint density at radius 1 is 1.02 bits per heavy atom. The molecule has 0 spiro atoms. The third kappa shape index (κ3) is 5.60. The van der Waals surface area contributed by atoms with Crippen molar-refractivity contribution < 1.29 is 37.5 Å². The van der Waals surface area contributed by atoms with Crippen molar-refractivity contribution in [2.24, 2.45) is 0 Å². The fraction of sp³-hybridized carbons (Fsp3) is 0.448. The van der Waals surface area contributed by atoms with E-state index in [1.807, 2.05) is 0 Å². The highest BCUT2D eigenvalue weighted by molar-refractivity contribution is 7.52. The van der Waals surface area contributed by atoms with Crippen LogP contribution in [0.2, 0.25) is 0 Å². The van der Waals surface area contributed by atoms with Gasteiger partial charge in [-0.15, -0.1) is 11.3 Å². The lowest BCUT2D eigenvalue weighted by Gasteiger charge is -2.43. The number of aromatic amines is 1. The lowest BCUT2D eigenvalue weighted by Crippen LogP contribution is -2.59. The van der Waals surface area contributed by atoms with Gasteiger partial charge in [0.25, 0.3) is 5.91 Å². The van der Waals surface area contributed by atoms with Crippen LogP contribution in [-0.4, -0.2) is 73.5 Å². The predicted octanol–water partition coefficient (Wildman–Crippen LogP) is 3.47. The highest BCUT2D eigenvalue weighted by atomic mass is 32.1. The van der Waals surface area contributed by atoms with Crippen LogP contribution < -0.4 is 10.9 Å². The number of alkyl halides is 2. The number of likely N-dealkylation sites (tertiary alicyclic amines) is 1. The van der Waals surface area contributed by atoms with Crippen LogP contribution in [0.4, 0.5) is 8.78 Å². The van der Waals surface area contributed by atoms with Gasteiger partial charge in [-0.25, -0.2) is 0 Å².